The molecule has 0 bridgehead atoms. The topological polar surface area (TPSA) is 62.2 Å². The molecule has 0 aromatic heterocycles. The van der Waals surface area contributed by atoms with Gasteiger partial charge in [-0.25, -0.2) is 4.79 Å². The number of carbonyl (C=O) groups is 1. The molecule has 1 saturated heterocycles. The predicted octanol–water partition coefficient (Wildman–Crippen LogP) is 2.42. The van der Waals surface area contributed by atoms with Crippen LogP contribution in [-0.4, -0.2) is 59.2 Å². The number of amides is 1. The van der Waals surface area contributed by atoms with E-state index in [1.165, 1.54) is 0 Å². The van der Waals surface area contributed by atoms with E-state index in [-0.39, 0.29) is 18.7 Å². The first-order chi connectivity index (χ1) is 11.3. The first-order valence-corrected chi connectivity index (χ1v) is 8.30. The van der Waals surface area contributed by atoms with E-state index in [1.54, 1.807) is 11.9 Å². The maximum absolute atomic E-state index is 12.2. The van der Waals surface area contributed by atoms with Crippen LogP contribution in [0.5, 0.6) is 0 Å². The minimum absolute atomic E-state index is 0.00601. The molecule has 134 valence electrons. The highest BCUT2D eigenvalue weighted by Gasteiger charge is 2.33. The van der Waals surface area contributed by atoms with Crippen molar-refractivity contribution in [2.45, 2.75) is 51.9 Å². The summed E-state index contributed by atoms with van der Waals surface area (Å²) in [7, 11) is 1.73. The van der Waals surface area contributed by atoms with Crippen molar-refractivity contribution in [1.82, 2.24) is 9.80 Å². The standard InChI is InChI=1S/C18H28N2O4/c1-18(2,3)24-17(22)20-11-10-15(12-20)19(4)16(21)23-13-14-8-6-5-7-9-14/h5-9,15,17,22H,10-13H2,1-4H3/t15-,17?/m1/s1. The van der Waals surface area contributed by atoms with Crippen LogP contribution < -0.4 is 0 Å². The summed E-state index contributed by atoms with van der Waals surface area (Å²) in [6, 6.07) is 9.60. The first kappa shape index (κ1) is 18.7. The molecular formula is C18H28N2O4. The molecule has 6 heteroatoms. The number of likely N-dealkylation sites (N-methyl/N-ethyl adjacent to an activating group) is 1. The Bertz CT molecular complexity index is 530. The number of aliphatic hydroxyl groups is 1. The lowest BCUT2D eigenvalue weighted by atomic mass is 10.2. The molecule has 2 atom stereocenters. The van der Waals surface area contributed by atoms with E-state index < -0.39 is 12.0 Å². The van der Waals surface area contributed by atoms with E-state index in [4.69, 9.17) is 9.47 Å². The van der Waals surface area contributed by atoms with Crippen LogP contribution in [0, 0.1) is 0 Å². The minimum atomic E-state index is -0.955. The largest absolute Gasteiger partial charge is 0.445 e. The number of hydrogen-bond acceptors (Lipinski definition) is 5. The number of benzene rings is 1. The van der Waals surface area contributed by atoms with Crippen molar-refractivity contribution < 1.29 is 19.4 Å². The molecule has 1 aromatic rings. The second kappa shape index (κ2) is 7.96. The highest BCUT2D eigenvalue weighted by atomic mass is 16.6. The first-order valence-electron chi connectivity index (χ1n) is 8.30. The zero-order valence-corrected chi connectivity index (χ0v) is 14.9. The van der Waals surface area contributed by atoms with E-state index in [1.807, 2.05) is 56.0 Å². The fourth-order valence-electron chi connectivity index (χ4n) is 2.65. The third-order valence-electron chi connectivity index (χ3n) is 4.01. The smallest absolute Gasteiger partial charge is 0.410 e. The van der Waals surface area contributed by atoms with Crippen molar-refractivity contribution in [3.05, 3.63) is 35.9 Å². The van der Waals surface area contributed by atoms with Crippen molar-refractivity contribution in [3.8, 4) is 0 Å². The van der Waals surface area contributed by atoms with Crippen LogP contribution >= 0.6 is 0 Å². The lowest BCUT2D eigenvalue weighted by molar-refractivity contribution is -0.234. The molecule has 1 fully saturated rings. The molecule has 1 heterocycles. The fourth-order valence-corrected chi connectivity index (χ4v) is 2.65. The van der Waals surface area contributed by atoms with E-state index in [0.717, 1.165) is 12.0 Å². The van der Waals surface area contributed by atoms with Gasteiger partial charge in [0.15, 0.2) is 0 Å². The summed E-state index contributed by atoms with van der Waals surface area (Å²) < 4.78 is 10.9. The Morgan fingerprint density at radius 3 is 2.67 bits per heavy atom. The van der Waals surface area contributed by atoms with Crippen molar-refractivity contribution in [3.63, 3.8) is 0 Å². The van der Waals surface area contributed by atoms with Gasteiger partial charge in [0, 0.05) is 26.2 Å². The molecule has 1 unspecified atom stereocenters. The Labute approximate surface area is 144 Å². The summed E-state index contributed by atoms with van der Waals surface area (Å²) >= 11 is 0. The summed E-state index contributed by atoms with van der Waals surface area (Å²) in [5.41, 5.74) is 0.541. The monoisotopic (exact) mass is 336 g/mol. The third-order valence-corrected chi connectivity index (χ3v) is 4.01. The number of rotatable bonds is 5. The summed E-state index contributed by atoms with van der Waals surface area (Å²) in [6.07, 6.45) is -0.526. The molecular weight excluding hydrogens is 308 g/mol. The number of ether oxygens (including phenoxy) is 2. The zero-order chi connectivity index (χ0) is 17.7. The molecule has 2 rings (SSSR count). The molecule has 1 N–H and O–H groups in total. The van der Waals surface area contributed by atoms with Gasteiger partial charge in [-0.3, -0.25) is 4.90 Å². The second-order valence-electron chi connectivity index (χ2n) is 7.15. The minimum Gasteiger partial charge on any atom is -0.445 e. The van der Waals surface area contributed by atoms with Crippen LogP contribution in [0.1, 0.15) is 32.8 Å². The molecule has 1 aromatic carbocycles. The van der Waals surface area contributed by atoms with Gasteiger partial charge in [0.25, 0.3) is 0 Å². The Balaban J connectivity index is 1.80. The van der Waals surface area contributed by atoms with Crippen molar-refractivity contribution in [2.24, 2.45) is 0 Å². The lowest BCUT2D eigenvalue weighted by Gasteiger charge is -2.30. The number of carbonyl (C=O) groups excluding carboxylic acids is 1. The van der Waals surface area contributed by atoms with Gasteiger partial charge >= 0.3 is 6.09 Å². The molecule has 0 radical (unpaired) electrons. The van der Waals surface area contributed by atoms with E-state index in [9.17, 15) is 9.90 Å². The quantitative estimate of drug-likeness (QED) is 0.837. The van der Waals surface area contributed by atoms with Gasteiger partial charge in [0.1, 0.15) is 6.61 Å². The predicted molar refractivity (Wildman–Crippen MR) is 91.2 cm³/mol. The van der Waals surface area contributed by atoms with Gasteiger partial charge in [-0.1, -0.05) is 30.3 Å². The van der Waals surface area contributed by atoms with Crippen LogP contribution in [0.25, 0.3) is 0 Å². The molecule has 1 aliphatic heterocycles. The van der Waals surface area contributed by atoms with Gasteiger partial charge in [-0.05, 0) is 32.8 Å². The molecule has 6 nitrogen and oxygen atoms in total. The SMILES string of the molecule is CN(C(=O)OCc1ccccc1)[C@@H]1CCN(C(O)OC(C)(C)C)C1. The Kier molecular flexibility index (Phi) is 6.21. The highest BCUT2D eigenvalue weighted by molar-refractivity contribution is 5.67. The van der Waals surface area contributed by atoms with Crippen molar-refractivity contribution >= 4 is 6.09 Å². The Morgan fingerprint density at radius 2 is 2.04 bits per heavy atom. The normalized spacial score (nSPS) is 20.0. The summed E-state index contributed by atoms with van der Waals surface area (Å²) in [5, 5.41) is 10.1. The van der Waals surface area contributed by atoms with E-state index in [0.29, 0.717) is 13.1 Å². The van der Waals surface area contributed by atoms with Gasteiger partial charge in [0.05, 0.1) is 5.60 Å². The lowest BCUT2D eigenvalue weighted by Crippen LogP contribution is -2.44. The van der Waals surface area contributed by atoms with E-state index in [2.05, 4.69) is 0 Å². The van der Waals surface area contributed by atoms with Crippen LogP contribution in [-0.2, 0) is 16.1 Å². The molecule has 0 spiro atoms. The average Bonchev–Trinajstić information content (AvgIpc) is 3.01. The number of likely N-dealkylation sites (tertiary alicyclic amines) is 1. The van der Waals surface area contributed by atoms with Crippen LogP contribution in [0.15, 0.2) is 30.3 Å². The maximum atomic E-state index is 12.2. The fraction of sp³-hybridized carbons (Fsp3) is 0.611. The summed E-state index contributed by atoms with van der Waals surface area (Å²) in [5.74, 6) is 0. The summed E-state index contributed by atoms with van der Waals surface area (Å²) in [4.78, 5) is 15.6. The molecule has 24 heavy (non-hydrogen) atoms. The van der Waals surface area contributed by atoms with Gasteiger partial charge < -0.3 is 19.5 Å². The molecule has 0 aliphatic carbocycles. The summed E-state index contributed by atoms with van der Waals surface area (Å²) in [6.45, 7) is 7.20. The number of hydrogen-bond donors (Lipinski definition) is 1. The third kappa shape index (κ3) is 5.47. The number of nitrogens with zero attached hydrogens (tertiary/aromatic N) is 2. The average molecular weight is 336 g/mol. The van der Waals surface area contributed by atoms with Crippen molar-refractivity contribution in [2.75, 3.05) is 20.1 Å². The molecule has 0 saturated carbocycles. The van der Waals surface area contributed by atoms with Gasteiger partial charge in [-0.15, -0.1) is 0 Å². The number of aliphatic hydroxyl groups excluding tert-OH is 1. The van der Waals surface area contributed by atoms with Crippen LogP contribution in [0.4, 0.5) is 4.79 Å². The van der Waals surface area contributed by atoms with E-state index >= 15 is 0 Å². The molecule has 1 aliphatic rings. The molecule has 1 amide bonds. The Morgan fingerprint density at radius 1 is 1.38 bits per heavy atom. The Hall–Kier alpha value is -1.63. The highest BCUT2D eigenvalue weighted by Crippen LogP contribution is 2.20. The van der Waals surface area contributed by atoms with Crippen LogP contribution in [0.2, 0.25) is 0 Å². The maximum Gasteiger partial charge on any atom is 0.410 e. The van der Waals surface area contributed by atoms with Gasteiger partial charge in [-0.2, -0.15) is 0 Å². The van der Waals surface area contributed by atoms with Crippen LogP contribution in [0.3, 0.4) is 0 Å². The van der Waals surface area contributed by atoms with Gasteiger partial charge in [0.2, 0.25) is 6.41 Å². The second-order valence-corrected chi connectivity index (χ2v) is 7.15. The van der Waals surface area contributed by atoms with Crippen molar-refractivity contribution in [1.29, 1.82) is 0 Å². The zero-order valence-electron chi connectivity index (χ0n) is 14.9.